The smallest absolute Gasteiger partial charge is 0.289 e. The number of nitrogens with two attached hydrogens (primary N) is 1. The van der Waals surface area contributed by atoms with Crippen LogP contribution in [0, 0.1) is 0 Å². The zero-order chi connectivity index (χ0) is 17.6. The van der Waals surface area contributed by atoms with Crippen LogP contribution in [0.5, 0.6) is 0 Å². The number of nitrogens with zero attached hydrogens (tertiary/aromatic N) is 2. The van der Waals surface area contributed by atoms with Crippen LogP contribution in [0.1, 0.15) is 31.2 Å². The van der Waals surface area contributed by atoms with E-state index in [1.807, 2.05) is 29.7 Å². The standard InChI is InChI=1S/C16H25ClN3O2PS/c1-3-19(4-2)10-5-12-23(18,21)22-20-11-13-24-16(20)14-6-8-15(17)9-7-14/h6-9,11,13,16H,3-5,10,12H2,1-2H3,(H2,18,21). The van der Waals surface area contributed by atoms with Gasteiger partial charge >= 0.3 is 0 Å². The lowest BCUT2D eigenvalue weighted by Crippen LogP contribution is -2.26. The van der Waals surface area contributed by atoms with Crippen molar-refractivity contribution in [1.82, 2.24) is 9.96 Å². The second-order valence-corrected chi connectivity index (χ2v) is 9.09. The van der Waals surface area contributed by atoms with Crippen molar-refractivity contribution in [3.63, 3.8) is 0 Å². The monoisotopic (exact) mass is 389 g/mol. The third-order valence-electron chi connectivity index (χ3n) is 3.87. The summed E-state index contributed by atoms with van der Waals surface area (Å²) in [6, 6.07) is 7.54. The van der Waals surface area contributed by atoms with Gasteiger partial charge in [0, 0.05) is 17.4 Å². The van der Waals surface area contributed by atoms with Crippen LogP contribution in [0.15, 0.2) is 35.9 Å². The van der Waals surface area contributed by atoms with Crippen LogP contribution in [-0.2, 0) is 9.19 Å². The molecule has 134 valence electrons. The fraction of sp³-hybridized carbons (Fsp3) is 0.500. The van der Waals surface area contributed by atoms with Crippen molar-refractivity contribution in [1.29, 1.82) is 0 Å². The van der Waals surface area contributed by atoms with Gasteiger partial charge in [0.25, 0.3) is 7.52 Å². The van der Waals surface area contributed by atoms with Crippen molar-refractivity contribution in [2.75, 3.05) is 25.8 Å². The first kappa shape index (κ1) is 19.8. The Balaban J connectivity index is 1.91. The summed E-state index contributed by atoms with van der Waals surface area (Å²) in [5.41, 5.74) is 6.96. The van der Waals surface area contributed by atoms with Crippen molar-refractivity contribution in [3.05, 3.63) is 46.5 Å². The molecule has 0 aliphatic carbocycles. The van der Waals surface area contributed by atoms with Crippen molar-refractivity contribution < 1.29 is 9.19 Å². The van der Waals surface area contributed by atoms with Crippen molar-refractivity contribution >= 4 is 30.9 Å². The Kier molecular flexibility index (Phi) is 7.66. The first-order valence-electron chi connectivity index (χ1n) is 8.11. The van der Waals surface area contributed by atoms with Crippen LogP contribution < -0.4 is 5.50 Å². The largest absolute Gasteiger partial charge is 0.304 e. The third-order valence-corrected chi connectivity index (χ3v) is 6.55. The summed E-state index contributed by atoms with van der Waals surface area (Å²) in [5.74, 6) is 0. The van der Waals surface area contributed by atoms with Gasteiger partial charge in [0.05, 0.1) is 0 Å². The van der Waals surface area contributed by atoms with Crippen molar-refractivity contribution in [2.24, 2.45) is 5.50 Å². The van der Waals surface area contributed by atoms with Crippen molar-refractivity contribution in [3.8, 4) is 0 Å². The molecule has 1 heterocycles. The lowest BCUT2D eigenvalue weighted by molar-refractivity contribution is -0.0131. The highest BCUT2D eigenvalue weighted by molar-refractivity contribution is 8.02. The fourth-order valence-electron chi connectivity index (χ4n) is 2.49. The van der Waals surface area contributed by atoms with E-state index in [4.69, 9.17) is 21.7 Å². The number of benzene rings is 1. The Hall–Kier alpha value is -0.490. The predicted molar refractivity (Wildman–Crippen MR) is 103 cm³/mol. The molecule has 1 aromatic rings. The van der Waals surface area contributed by atoms with E-state index in [2.05, 4.69) is 18.7 Å². The number of hydroxylamine groups is 2. The van der Waals surface area contributed by atoms with E-state index >= 15 is 0 Å². The lowest BCUT2D eigenvalue weighted by Gasteiger charge is -2.27. The molecule has 0 aromatic heterocycles. The maximum Gasteiger partial charge on any atom is 0.289 e. The molecular weight excluding hydrogens is 365 g/mol. The van der Waals surface area contributed by atoms with Gasteiger partial charge in [-0.05, 0) is 49.2 Å². The molecule has 2 N–H and O–H groups in total. The summed E-state index contributed by atoms with van der Waals surface area (Å²) in [6.07, 6.45) is 2.89. The molecule has 24 heavy (non-hydrogen) atoms. The van der Waals surface area contributed by atoms with E-state index in [0.29, 0.717) is 11.2 Å². The van der Waals surface area contributed by atoms with Crippen LogP contribution in [-0.4, -0.2) is 35.8 Å². The second kappa shape index (κ2) is 9.27. The minimum Gasteiger partial charge on any atom is -0.304 e. The molecule has 0 spiro atoms. The summed E-state index contributed by atoms with van der Waals surface area (Å²) in [6.45, 7) is 7.07. The summed E-state index contributed by atoms with van der Waals surface area (Å²) in [4.78, 5) is 2.28. The summed E-state index contributed by atoms with van der Waals surface area (Å²) in [5, 5.41) is 4.09. The first-order valence-corrected chi connectivity index (χ1v) is 11.3. The average molecular weight is 390 g/mol. The van der Waals surface area contributed by atoms with Gasteiger partial charge in [-0.25, -0.2) is 5.06 Å². The van der Waals surface area contributed by atoms with Crippen LogP contribution in [0.25, 0.3) is 0 Å². The van der Waals surface area contributed by atoms with Gasteiger partial charge in [-0.3, -0.25) is 10.1 Å². The molecular formula is C16H25ClN3O2PS. The molecule has 8 heteroatoms. The molecule has 0 saturated carbocycles. The number of halogens is 1. The molecule has 5 nitrogen and oxygen atoms in total. The normalized spacial score (nSPS) is 19.9. The van der Waals surface area contributed by atoms with Gasteiger partial charge in [0.1, 0.15) is 5.37 Å². The second-order valence-electron chi connectivity index (χ2n) is 5.60. The first-order chi connectivity index (χ1) is 11.4. The zero-order valence-electron chi connectivity index (χ0n) is 14.1. The Labute approximate surface area is 153 Å². The van der Waals surface area contributed by atoms with E-state index in [-0.39, 0.29) is 5.37 Å². The Bertz CT molecular complexity index is 595. The molecule has 1 aliphatic heterocycles. The number of hydrogen-bond acceptors (Lipinski definition) is 5. The molecule has 2 unspecified atom stereocenters. The van der Waals surface area contributed by atoms with Gasteiger partial charge in [0.15, 0.2) is 0 Å². The lowest BCUT2D eigenvalue weighted by atomic mass is 10.2. The predicted octanol–water partition coefficient (Wildman–Crippen LogP) is 4.67. The van der Waals surface area contributed by atoms with Gasteiger partial charge in [-0.15, -0.1) is 11.8 Å². The van der Waals surface area contributed by atoms with Gasteiger partial charge in [0.2, 0.25) is 0 Å². The summed E-state index contributed by atoms with van der Waals surface area (Å²) >= 11 is 7.51. The van der Waals surface area contributed by atoms with Crippen molar-refractivity contribution in [2.45, 2.75) is 25.6 Å². The molecule has 0 saturated heterocycles. The maximum atomic E-state index is 12.6. The third kappa shape index (κ3) is 5.80. The van der Waals surface area contributed by atoms with Crippen LogP contribution in [0.3, 0.4) is 0 Å². The van der Waals surface area contributed by atoms with E-state index in [9.17, 15) is 4.57 Å². The number of thioether (sulfide) groups is 1. The van der Waals surface area contributed by atoms with Gasteiger partial charge in [-0.1, -0.05) is 37.6 Å². The summed E-state index contributed by atoms with van der Waals surface area (Å²) < 4.78 is 18.2. The van der Waals surface area contributed by atoms with Crippen LogP contribution >= 0.6 is 30.9 Å². The average Bonchev–Trinajstić information content (AvgIpc) is 2.99. The topological polar surface area (TPSA) is 58.8 Å². The molecule has 2 rings (SSSR count). The van der Waals surface area contributed by atoms with Gasteiger partial charge in [-0.2, -0.15) is 4.62 Å². The highest BCUT2D eigenvalue weighted by Gasteiger charge is 2.29. The molecule has 0 bridgehead atoms. The minimum absolute atomic E-state index is 0.0954. The van der Waals surface area contributed by atoms with E-state index in [0.717, 1.165) is 31.6 Å². The molecule has 1 aromatic carbocycles. The fourth-order valence-corrected chi connectivity index (χ4v) is 4.69. The Morgan fingerprint density at radius 3 is 2.62 bits per heavy atom. The van der Waals surface area contributed by atoms with Gasteiger partial charge < -0.3 is 4.90 Å². The van der Waals surface area contributed by atoms with E-state index in [1.54, 1.807) is 23.0 Å². The van der Waals surface area contributed by atoms with Crippen LogP contribution in [0.2, 0.25) is 5.02 Å². The highest BCUT2D eigenvalue weighted by atomic mass is 35.5. The molecule has 0 fully saturated rings. The Morgan fingerprint density at radius 1 is 1.33 bits per heavy atom. The van der Waals surface area contributed by atoms with E-state index in [1.165, 1.54) is 0 Å². The highest BCUT2D eigenvalue weighted by Crippen LogP contribution is 2.47. The zero-order valence-corrected chi connectivity index (χ0v) is 16.6. The SMILES string of the molecule is CCN(CC)CCCP(N)(=O)ON1C=CSC1c1ccc(Cl)cc1. The molecule has 0 amide bonds. The molecule has 0 radical (unpaired) electrons. The maximum absolute atomic E-state index is 12.6. The summed E-state index contributed by atoms with van der Waals surface area (Å²) in [7, 11) is -3.18. The number of hydrogen-bond donors (Lipinski definition) is 1. The molecule has 2 atom stereocenters. The minimum atomic E-state index is -3.18. The Morgan fingerprint density at radius 2 is 2.00 bits per heavy atom. The molecule has 1 aliphatic rings. The van der Waals surface area contributed by atoms with E-state index < -0.39 is 7.52 Å². The van der Waals surface area contributed by atoms with Crippen LogP contribution in [0.4, 0.5) is 0 Å². The number of rotatable bonds is 9. The quantitative estimate of drug-likeness (QED) is 0.619.